The molecule has 0 aliphatic rings. The van der Waals surface area contributed by atoms with E-state index >= 15 is 0 Å². The van der Waals surface area contributed by atoms with Crippen LogP contribution in [0.1, 0.15) is 18.9 Å². The molecule has 0 aromatic heterocycles. The average Bonchev–Trinajstić information content (AvgIpc) is 2.24. The van der Waals surface area contributed by atoms with E-state index in [0.717, 1.165) is 5.56 Å². The van der Waals surface area contributed by atoms with Crippen LogP contribution in [0.2, 0.25) is 5.02 Å². The molecule has 0 radical (unpaired) electrons. The van der Waals surface area contributed by atoms with Crippen LogP contribution in [-0.4, -0.2) is 18.0 Å². The van der Waals surface area contributed by atoms with Crippen LogP contribution in [0.5, 0.6) is 0 Å². The fourth-order valence-corrected chi connectivity index (χ4v) is 1.49. The van der Waals surface area contributed by atoms with Gasteiger partial charge >= 0.3 is 0 Å². The molecule has 1 aromatic carbocycles. The summed E-state index contributed by atoms with van der Waals surface area (Å²) >= 11 is 5.60. The van der Waals surface area contributed by atoms with Crippen LogP contribution in [0.15, 0.2) is 18.2 Å². The molecule has 86 valence electrons. The molecule has 1 rings (SSSR count). The summed E-state index contributed by atoms with van der Waals surface area (Å²) in [6.07, 6.45) is 0.465. The third-order valence-electron chi connectivity index (χ3n) is 2.56. The molecule has 2 nitrogen and oxygen atoms in total. The van der Waals surface area contributed by atoms with Gasteiger partial charge in [-0.1, -0.05) is 17.7 Å². The van der Waals surface area contributed by atoms with Gasteiger partial charge in [-0.15, -0.1) is 0 Å². The number of nitriles is 1. The Hall–Kier alpha value is -1.11. The standard InChI is InChI=1S/C12H14ClFN2/c1-9(5-6-15)16(2)8-10-3-4-11(13)12(14)7-10/h3-4,7,9H,5,8H2,1-2H3. The highest BCUT2D eigenvalue weighted by molar-refractivity contribution is 6.30. The van der Waals surface area contributed by atoms with Gasteiger partial charge in [0, 0.05) is 12.6 Å². The monoisotopic (exact) mass is 240 g/mol. The Kier molecular flexibility index (Phi) is 4.72. The van der Waals surface area contributed by atoms with Crippen LogP contribution < -0.4 is 0 Å². The smallest absolute Gasteiger partial charge is 0.142 e. The van der Waals surface area contributed by atoms with Gasteiger partial charge in [-0.25, -0.2) is 4.39 Å². The quantitative estimate of drug-likeness (QED) is 0.808. The van der Waals surface area contributed by atoms with Gasteiger partial charge in [0.05, 0.1) is 17.5 Å². The largest absolute Gasteiger partial charge is 0.298 e. The van der Waals surface area contributed by atoms with Crippen LogP contribution in [0.25, 0.3) is 0 Å². The van der Waals surface area contributed by atoms with Gasteiger partial charge in [-0.05, 0) is 31.7 Å². The lowest BCUT2D eigenvalue weighted by molar-refractivity contribution is 0.252. The van der Waals surface area contributed by atoms with Gasteiger partial charge in [-0.2, -0.15) is 5.26 Å². The molecule has 0 saturated carbocycles. The predicted molar refractivity (Wildman–Crippen MR) is 62.6 cm³/mol. The van der Waals surface area contributed by atoms with Crippen molar-refractivity contribution in [2.75, 3.05) is 7.05 Å². The van der Waals surface area contributed by atoms with Gasteiger partial charge in [-0.3, -0.25) is 4.90 Å². The lowest BCUT2D eigenvalue weighted by Crippen LogP contribution is -2.28. The third-order valence-corrected chi connectivity index (χ3v) is 2.86. The predicted octanol–water partition coefficient (Wildman–Crippen LogP) is 3.21. The first-order valence-electron chi connectivity index (χ1n) is 5.05. The van der Waals surface area contributed by atoms with Gasteiger partial charge < -0.3 is 0 Å². The molecule has 0 aliphatic heterocycles. The van der Waals surface area contributed by atoms with Crippen molar-refractivity contribution in [3.8, 4) is 6.07 Å². The van der Waals surface area contributed by atoms with Crippen molar-refractivity contribution in [1.29, 1.82) is 5.26 Å². The first-order valence-corrected chi connectivity index (χ1v) is 5.43. The number of nitrogens with zero attached hydrogens (tertiary/aromatic N) is 2. The van der Waals surface area contributed by atoms with E-state index in [0.29, 0.717) is 13.0 Å². The summed E-state index contributed by atoms with van der Waals surface area (Å²) in [6.45, 7) is 2.58. The lowest BCUT2D eigenvalue weighted by Gasteiger charge is -2.22. The van der Waals surface area contributed by atoms with Crippen molar-refractivity contribution in [3.63, 3.8) is 0 Å². The minimum atomic E-state index is -0.402. The van der Waals surface area contributed by atoms with E-state index in [-0.39, 0.29) is 11.1 Å². The Bertz CT molecular complexity index is 400. The normalized spacial score (nSPS) is 12.5. The van der Waals surface area contributed by atoms with Crippen molar-refractivity contribution < 1.29 is 4.39 Å². The Morgan fingerprint density at radius 3 is 2.81 bits per heavy atom. The highest BCUT2D eigenvalue weighted by atomic mass is 35.5. The van der Waals surface area contributed by atoms with Crippen LogP contribution in [0, 0.1) is 17.1 Å². The van der Waals surface area contributed by atoms with Crippen LogP contribution in [0.3, 0.4) is 0 Å². The molecule has 0 saturated heterocycles. The summed E-state index contributed by atoms with van der Waals surface area (Å²) in [5.41, 5.74) is 0.856. The summed E-state index contributed by atoms with van der Waals surface area (Å²) in [4.78, 5) is 2.01. The topological polar surface area (TPSA) is 27.0 Å². The molecule has 0 N–H and O–H groups in total. The second-order valence-corrected chi connectivity index (χ2v) is 4.28. The van der Waals surface area contributed by atoms with Gasteiger partial charge in [0.15, 0.2) is 0 Å². The summed E-state index contributed by atoms with van der Waals surface area (Å²) in [6, 6.07) is 7.05. The molecule has 0 fully saturated rings. The SMILES string of the molecule is CC(CC#N)N(C)Cc1ccc(Cl)c(F)c1. The van der Waals surface area contributed by atoms with Crippen molar-refractivity contribution in [2.45, 2.75) is 25.9 Å². The van der Waals surface area contributed by atoms with Gasteiger partial charge in [0.2, 0.25) is 0 Å². The second-order valence-electron chi connectivity index (χ2n) is 3.87. The lowest BCUT2D eigenvalue weighted by atomic mass is 10.1. The van der Waals surface area contributed by atoms with Crippen molar-refractivity contribution in [3.05, 3.63) is 34.6 Å². The minimum Gasteiger partial charge on any atom is -0.298 e. The Balaban J connectivity index is 2.66. The Morgan fingerprint density at radius 2 is 2.25 bits per heavy atom. The van der Waals surface area contributed by atoms with Crippen LogP contribution >= 0.6 is 11.6 Å². The number of rotatable bonds is 4. The molecule has 1 aromatic rings. The molecule has 0 amide bonds. The van der Waals surface area contributed by atoms with Crippen molar-refractivity contribution >= 4 is 11.6 Å². The van der Waals surface area contributed by atoms with Crippen molar-refractivity contribution in [1.82, 2.24) is 4.90 Å². The fraction of sp³-hybridized carbons (Fsp3) is 0.417. The molecule has 16 heavy (non-hydrogen) atoms. The maximum absolute atomic E-state index is 13.2. The molecule has 1 unspecified atom stereocenters. The molecule has 1 atom stereocenters. The summed E-state index contributed by atoms with van der Waals surface area (Å²) in [5.74, 6) is -0.402. The van der Waals surface area contributed by atoms with E-state index in [9.17, 15) is 4.39 Å². The molecular weight excluding hydrogens is 227 g/mol. The highest BCUT2D eigenvalue weighted by Gasteiger charge is 2.10. The van der Waals surface area contributed by atoms with Gasteiger partial charge in [0.25, 0.3) is 0 Å². The molecule has 0 aliphatic carbocycles. The van der Waals surface area contributed by atoms with Crippen LogP contribution in [-0.2, 0) is 6.54 Å². The second kappa shape index (κ2) is 5.83. The molecule has 0 spiro atoms. The Morgan fingerprint density at radius 1 is 1.56 bits per heavy atom. The number of hydrogen-bond donors (Lipinski definition) is 0. The molecule has 0 heterocycles. The Labute approximate surface area is 100 Å². The van der Waals surface area contributed by atoms with E-state index < -0.39 is 5.82 Å². The third kappa shape index (κ3) is 3.48. The van der Waals surface area contributed by atoms with Crippen molar-refractivity contribution in [2.24, 2.45) is 0 Å². The number of hydrogen-bond acceptors (Lipinski definition) is 2. The summed E-state index contributed by atoms with van der Waals surface area (Å²) in [5, 5.41) is 8.71. The zero-order valence-electron chi connectivity index (χ0n) is 9.37. The van der Waals surface area contributed by atoms with E-state index in [1.54, 1.807) is 12.1 Å². The van der Waals surface area contributed by atoms with E-state index in [1.165, 1.54) is 6.07 Å². The minimum absolute atomic E-state index is 0.136. The maximum atomic E-state index is 13.2. The number of benzene rings is 1. The first kappa shape index (κ1) is 13.0. The molecule has 0 bridgehead atoms. The average molecular weight is 241 g/mol. The van der Waals surface area contributed by atoms with Gasteiger partial charge in [0.1, 0.15) is 5.82 Å². The molecular formula is C12H14ClFN2. The summed E-state index contributed by atoms with van der Waals surface area (Å²) < 4.78 is 13.2. The zero-order valence-corrected chi connectivity index (χ0v) is 10.1. The number of halogens is 2. The summed E-state index contributed by atoms with van der Waals surface area (Å²) in [7, 11) is 1.91. The zero-order chi connectivity index (χ0) is 12.1. The van der Waals surface area contributed by atoms with E-state index in [4.69, 9.17) is 16.9 Å². The first-order chi connectivity index (χ1) is 7.54. The highest BCUT2D eigenvalue weighted by Crippen LogP contribution is 2.17. The maximum Gasteiger partial charge on any atom is 0.142 e. The van der Waals surface area contributed by atoms with Crippen LogP contribution in [0.4, 0.5) is 4.39 Å². The van der Waals surface area contributed by atoms with E-state index in [1.807, 2.05) is 18.9 Å². The van der Waals surface area contributed by atoms with E-state index in [2.05, 4.69) is 6.07 Å². The molecule has 4 heteroatoms. The fourth-order valence-electron chi connectivity index (χ4n) is 1.37.